The maximum absolute atomic E-state index is 13.0. The van der Waals surface area contributed by atoms with Crippen molar-refractivity contribution >= 4 is 61.1 Å². The predicted octanol–water partition coefficient (Wildman–Crippen LogP) is 6.66. The Bertz CT molecular complexity index is 1780. The molecule has 0 unspecified atom stereocenters. The van der Waals surface area contributed by atoms with Gasteiger partial charge in [0.05, 0.1) is 16.1 Å². The van der Waals surface area contributed by atoms with Crippen molar-refractivity contribution in [2.45, 2.75) is 0 Å². The van der Waals surface area contributed by atoms with Crippen LogP contribution < -0.4 is 0 Å². The van der Waals surface area contributed by atoms with Gasteiger partial charge in [0.1, 0.15) is 0 Å². The summed E-state index contributed by atoms with van der Waals surface area (Å²) in [6.45, 7) is 0. The highest BCUT2D eigenvalue weighted by Gasteiger charge is 2.34. The summed E-state index contributed by atoms with van der Waals surface area (Å²) < 4.78 is 9.15. The Morgan fingerprint density at radius 3 is 2.15 bits per heavy atom. The first-order chi connectivity index (χ1) is 16.6. The summed E-state index contributed by atoms with van der Waals surface area (Å²) in [6, 6.07) is 23.7. The normalized spacial score (nSPS) is 13.5. The van der Waals surface area contributed by atoms with Gasteiger partial charge in [-0.1, -0.05) is 42.5 Å². The van der Waals surface area contributed by atoms with Crippen molar-refractivity contribution in [2.75, 3.05) is 0 Å². The van der Waals surface area contributed by atoms with Gasteiger partial charge in [0.2, 0.25) is 5.89 Å². The minimum absolute atomic E-state index is 0.0848. The molecule has 0 N–H and O–H groups in total. The third-order valence-electron chi connectivity index (χ3n) is 6.41. The highest BCUT2D eigenvalue weighted by molar-refractivity contribution is 7.22. The van der Waals surface area contributed by atoms with E-state index in [0.717, 1.165) is 21.3 Å². The third kappa shape index (κ3) is 2.69. The van der Waals surface area contributed by atoms with E-state index in [1.165, 1.54) is 16.2 Å². The lowest BCUT2D eigenvalue weighted by Crippen LogP contribution is -2.00. The van der Waals surface area contributed by atoms with E-state index >= 15 is 0 Å². The lowest BCUT2D eigenvalue weighted by atomic mass is 10.0. The lowest BCUT2D eigenvalue weighted by Gasteiger charge is -2.00. The van der Waals surface area contributed by atoms with Crippen LogP contribution in [0, 0.1) is 0 Å². The van der Waals surface area contributed by atoms with Crippen LogP contribution in [0.25, 0.3) is 48.7 Å². The SMILES string of the molecule is Cn1c(-c2cc3ccccc3s2)cc2oc(C=C3C(=O)c4cc5ccccc5cc4C3=O)nc21. The molecule has 0 bridgehead atoms. The zero-order valence-electron chi connectivity index (χ0n) is 18.0. The number of hydrogen-bond donors (Lipinski definition) is 0. The summed E-state index contributed by atoms with van der Waals surface area (Å²) in [6.07, 6.45) is 1.47. The maximum atomic E-state index is 13.0. The Balaban J connectivity index is 1.29. The number of aromatic nitrogens is 2. The van der Waals surface area contributed by atoms with Gasteiger partial charge in [0.25, 0.3) is 0 Å². The van der Waals surface area contributed by atoms with Crippen LogP contribution in [0.1, 0.15) is 26.6 Å². The molecule has 6 heteroatoms. The quantitative estimate of drug-likeness (QED) is 0.214. The van der Waals surface area contributed by atoms with Gasteiger partial charge >= 0.3 is 0 Å². The van der Waals surface area contributed by atoms with Crippen molar-refractivity contribution in [3.63, 3.8) is 0 Å². The molecular formula is C28H16N2O3S. The number of ketones is 2. The smallest absolute Gasteiger partial charge is 0.222 e. The van der Waals surface area contributed by atoms with E-state index in [4.69, 9.17) is 4.42 Å². The molecule has 162 valence electrons. The van der Waals surface area contributed by atoms with E-state index in [2.05, 4.69) is 23.2 Å². The van der Waals surface area contributed by atoms with E-state index in [1.807, 2.05) is 54.1 Å². The summed E-state index contributed by atoms with van der Waals surface area (Å²) in [4.78, 5) is 31.8. The molecule has 0 fully saturated rings. The molecule has 7 rings (SSSR count). The number of thiophene rings is 1. The van der Waals surface area contributed by atoms with Crippen LogP contribution in [0.4, 0.5) is 0 Å². The Morgan fingerprint density at radius 1 is 0.853 bits per heavy atom. The Kier molecular flexibility index (Phi) is 3.87. The zero-order valence-corrected chi connectivity index (χ0v) is 18.8. The number of nitrogens with zero attached hydrogens (tertiary/aromatic N) is 2. The second-order valence-electron chi connectivity index (χ2n) is 8.44. The highest BCUT2D eigenvalue weighted by atomic mass is 32.1. The first kappa shape index (κ1) is 19.2. The minimum atomic E-state index is -0.293. The van der Waals surface area contributed by atoms with Crippen molar-refractivity contribution in [1.82, 2.24) is 9.55 Å². The van der Waals surface area contributed by atoms with Gasteiger partial charge in [-0.2, -0.15) is 4.98 Å². The number of Topliss-reactive ketones (excluding diaryl/α,β-unsaturated/α-hetero) is 2. The van der Waals surface area contributed by atoms with Crippen molar-refractivity contribution in [3.05, 3.63) is 95.4 Å². The fourth-order valence-electron chi connectivity index (χ4n) is 4.68. The van der Waals surface area contributed by atoms with Crippen molar-refractivity contribution in [2.24, 2.45) is 7.05 Å². The van der Waals surface area contributed by atoms with E-state index < -0.39 is 0 Å². The number of carbonyl (C=O) groups excluding carboxylic acids is 2. The molecule has 3 aromatic carbocycles. The number of benzene rings is 3. The van der Waals surface area contributed by atoms with Gasteiger partial charge in [0.15, 0.2) is 22.8 Å². The van der Waals surface area contributed by atoms with Crippen LogP contribution in [0.15, 0.2) is 82.8 Å². The number of fused-ring (bicyclic) bond motifs is 4. The summed E-state index contributed by atoms with van der Waals surface area (Å²) in [5.74, 6) is -0.338. The molecule has 1 aliphatic rings. The number of allylic oxidation sites excluding steroid dienone is 1. The monoisotopic (exact) mass is 460 g/mol. The van der Waals surface area contributed by atoms with Crippen LogP contribution in [0.5, 0.6) is 0 Å². The standard InChI is InChI=1S/C28H16N2O3S/c1-30-21(24-12-17-8-4-5-9-23(17)34-24)14-22-28(30)29-25(33-22)13-20-26(31)18-10-15-6-2-3-7-16(15)11-19(18)27(20)32/h2-14H,1H3. The fourth-order valence-corrected chi connectivity index (χ4v) is 5.79. The first-order valence-corrected chi connectivity index (χ1v) is 11.7. The summed E-state index contributed by atoms with van der Waals surface area (Å²) >= 11 is 1.72. The molecule has 0 amide bonds. The number of aryl methyl sites for hydroxylation is 1. The predicted molar refractivity (Wildman–Crippen MR) is 134 cm³/mol. The molecule has 34 heavy (non-hydrogen) atoms. The Hall–Kier alpha value is -4.29. The molecule has 3 heterocycles. The lowest BCUT2D eigenvalue weighted by molar-refractivity contribution is 0.0990. The van der Waals surface area contributed by atoms with E-state index in [0.29, 0.717) is 22.4 Å². The zero-order chi connectivity index (χ0) is 23.0. The molecule has 0 radical (unpaired) electrons. The number of carbonyl (C=O) groups is 2. The molecule has 6 aromatic rings. The third-order valence-corrected chi connectivity index (χ3v) is 7.55. The minimum Gasteiger partial charge on any atom is -0.435 e. The molecule has 5 nitrogen and oxygen atoms in total. The maximum Gasteiger partial charge on any atom is 0.222 e. The largest absolute Gasteiger partial charge is 0.435 e. The van der Waals surface area contributed by atoms with Crippen LogP contribution >= 0.6 is 11.3 Å². The molecular weight excluding hydrogens is 444 g/mol. The van der Waals surface area contributed by atoms with Crippen LogP contribution in [0.3, 0.4) is 0 Å². The second kappa shape index (κ2) is 6.85. The van der Waals surface area contributed by atoms with Crippen molar-refractivity contribution in [3.8, 4) is 10.6 Å². The van der Waals surface area contributed by atoms with Crippen LogP contribution in [-0.4, -0.2) is 21.1 Å². The summed E-state index contributed by atoms with van der Waals surface area (Å²) in [5, 5.41) is 3.06. The molecule has 1 aliphatic carbocycles. The van der Waals surface area contributed by atoms with Crippen LogP contribution in [-0.2, 0) is 7.05 Å². The van der Waals surface area contributed by atoms with Gasteiger partial charge in [-0.25, -0.2) is 0 Å². The van der Waals surface area contributed by atoms with Crippen molar-refractivity contribution < 1.29 is 14.0 Å². The Morgan fingerprint density at radius 2 is 1.50 bits per heavy atom. The average molecular weight is 461 g/mol. The first-order valence-electron chi connectivity index (χ1n) is 10.9. The number of rotatable bonds is 2. The van der Waals surface area contributed by atoms with Gasteiger partial charge in [-0.05, 0) is 40.4 Å². The van der Waals surface area contributed by atoms with Crippen LogP contribution in [0.2, 0.25) is 0 Å². The van der Waals surface area contributed by atoms with E-state index in [-0.39, 0.29) is 23.0 Å². The number of hydrogen-bond acceptors (Lipinski definition) is 5. The molecule has 0 saturated heterocycles. The average Bonchev–Trinajstić information content (AvgIpc) is 3.58. The van der Waals surface area contributed by atoms with E-state index in [1.54, 1.807) is 23.5 Å². The molecule has 3 aromatic heterocycles. The topological polar surface area (TPSA) is 65.1 Å². The van der Waals surface area contributed by atoms with Gasteiger partial charge < -0.3 is 8.98 Å². The van der Waals surface area contributed by atoms with Gasteiger partial charge in [-0.15, -0.1) is 11.3 Å². The molecule has 0 saturated carbocycles. The molecule has 0 spiro atoms. The fraction of sp³-hybridized carbons (Fsp3) is 0.0357. The van der Waals surface area contributed by atoms with E-state index in [9.17, 15) is 9.59 Å². The van der Waals surface area contributed by atoms with Gasteiger partial charge in [0, 0.05) is 35.0 Å². The highest BCUT2D eigenvalue weighted by Crippen LogP contribution is 2.37. The van der Waals surface area contributed by atoms with Gasteiger partial charge in [-0.3, -0.25) is 9.59 Å². The summed E-state index contributed by atoms with van der Waals surface area (Å²) in [5.41, 5.74) is 3.23. The molecule has 0 aliphatic heterocycles. The number of oxazole rings is 1. The molecule has 0 atom stereocenters. The second-order valence-corrected chi connectivity index (χ2v) is 9.52. The summed E-state index contributed by atoms with van der Waals surface area (Å²) in [7, 11) is 1.94. The Labute approximate surface area is 197 Å². The van der Waals surface area contributed by atoms with Crippen molar-refractivity contribution in [1.29, 1.82) is 0 Å².